The molecule has 0 unspecified atom stereocenters. The van der Waals surface area contributed by atoms with E-state index in [4.69, 9.17) is 0 Å². The third-order valence-corrected chi connectivity index (χ3v) is 7.36. The van der Waals surface area contributed by atoms with Crippen LogP contribution in [0.5, 0.6) is 0 Å². The Morgan fingerprint density at radius 2 is 1.43 bits per heavy atom. The molecular formula is C34H35N5O3. The normalized spacial score (nSPS) is 12.2. The molecule has 8 heteroatoms. The number of hydrogen-bond donors (Lipinski definition) is 1. The summed E-state index contributed by atoms with van der Waals surface area (Å²) >= 11 is 0. The number of benzene rings is 3. The smallest absolute Gasteiger partial charge is 0.257 e. The van der Waals surface area contributed by atoms with Gasteiger partial charge in [-0.3, -0.25) is 24.2 Å². The molecule has 0 saturated carbocycles. The van der Waals surface area contributed by atoms with Gasteiger partial charge in [-0.1, -0.05) is 72.8 Å². The highest BCUT2D eigenvalue weighted by Crippen LogP contribution is 2.36. The van der Waals surface area contributed by atoms with Crippen molar-refractivity contribution in [2.24, 2.45) is 0 Å². The summed E-state index contributed by atoms with van der Waals surface area (Å²) in [6, 6.07) is 31.0. The molecule has 42 heavy (non-hydrogen) atoms. The van der Waals surface area contributed by atoms with Crippen LogP contribution in [0.1, 0.15) is 41.3 Å². The first-order valence-electron chi connectivity index (χ1n) is 14.3. The Hall–Kier alpha value is -4.82. The summed E-state index contributed by atoms with van der Waals surface area (Å²) in [5, 5.41) is 2.84. The highest BCUT2D eigenvalue weighted by molar-refractivity contribution is 6.17. The number of aromatic nitrogens is 1. The fourth-order valence-corrected chi connectivity index (χ4v) is 5.19. The van der Waals surface area contributed by atoms with Crippen LogP contribution < -0.4 is 10.2 Å². The van der Waals surface area contributed by atoms with Crippen LogP contribution in [0.15, 0.2) is 103 Å². The van der Waals surface area contributed by atoms with Crippen molar-refractivity contribution in [2.45, 2.75) is 32.9 Å². The molecule has 1 aliphatic heterocycles. The first-order chi connectivity index (χ1) is 20.5. The molecule has 0 radical (unpaired) electrons. The van der Waals surface area contributed by atoms with E-state index in [1.165, 1.54) is 16.0 Å². The van der Waals surface area contributed by atoms with Crippen molar-refractivity contribution in [1.29, 1.82) is 0 Å². The van der Waals surface area contributed by atoms with Crippen molar-refractivity contribution in [1.82, 2.24) is 14.8 Å². The number of para-hydroxylation sites is 1. The molecule has 1 N–H and O–H groups in total. The molecule has 1 aromatic heterocycles. The van der Waals surface area contributed by atoms with E-state index < -0.39 is 0 Å². The van der Waals surface area contributed by atoms with Gasteiger partial charge in [0.2, 0.25) is 11.8 Å². The minimum atomic E-state index is -0.307. The minimum Gasteiger partial charge on any atom is -0.342 e. The van der Waals surface area contributed by atoms with Gasteiger partial charge in [0.1, 0.15) is 0 Å². The average molecular weight is 562 g/mol. The second-order valence-corrected chi connectivity index (χ2v) is 10.2. The Balaban J connectivity index is 1.26. The van der Waals surface area contributed by atoms with Gasteiger partial charge in [0.15, 0.2) is 5.82 Å². The quantitative estimate of drug-likeness (QED) is 0.256. The molecule has 0 aliphatic carbocycles. The predicted octanol–water partition coefficient (Wildman–Crippen LogP) is 5.64. The van der Waals surface area contributed by atoms with Crippen molar-refractivity contribution in [3.8, 4) is 0 Å². The van der Waals surface area contributed by atoms with Gasteiger partial charge in [-0.15, -0.1) is 0 Å². The molecule has 1 aliphatic rings. The van der Waals surface area contributed by atoms with Crippen molar-refractivity contribution >= 4 is 34.9 Å². The van der Waals surface area contributed by atoms with E-state index in [0.29, 0.717) is 42.4 Å². The summed E-state index contributed by atoms with van der Waals surface area (Å²) in [5.41, 5.74) is 3.71. The Kier molecular flexibility index (Phi) is 9.36. The van der Waals surface area contributed by atoms with Gasteiger partial charge in [-0.25, -0.2) is 4.98 Å². The lowest BCUT2D eigenvalue weighted by Crippen LogP contribution is -2.39. The minimum absolute atomic E-state index is 0.00832. The summed E-state index contributed by atoms with van der Waals surface area (Å²) in [7, 11) is 0. The monoisotopic (exact) mass is 561 g/mol. The second-order valence-electron chi connectivity index (χ2n) is 10.2. The molecule has 3 amide bonds. The molecule has 8 nitrogen and oxygen atoms in total. The third kappa shape index (κ3) is 6.90. The van der Waals surface area contributed by atoms with Crippen LogP contribution in [0.2, 0.25) is 0 Å². The SMILES string of the molecule is CCN(CCN(Cc1ccccc1)Cc1ccccc1)C(=O)CCC(=O)N1c2ccccc2C(=O)Nc2cccnc21. The van der Waals surface area contributed by atoms with Gasteiger partial charge in [0, 0.05) is 51.8 Å². The molecule has 0 spiro atoms. The summed E-state index contributed by atoms with van der Waals surface area (Å²) < 4.78 is 0. The van der Waals surface area contributed by atoms with Crippen LogP contribution in [0.25, 0.3) is 0 Å². The Morgan fingerprint density at radius 3 is 2.10 bits per heavy atom. The summed E-state index contributed by atoms with van der Waals surface area (Å²) in [4.78, 5) is 49.8. The molecule has 4 aromatic rings. The van der Waals surface area contributed by atoms with Gasteiger partial charge in [0.05, 0.1) is 16.9 Å². The maximum atomic E-state index is 13.6. The highest BCUT2D eigenvalue weighted by Gasteiger charge is 2.30. The number of pyridine rings is 1. The van der Waals surface area contributed by atoms with Crippen LogP contribution >= 0.6 is 0 Å². The highest BCUT2D eigenvalue weighted by atomic mass is 16.2. The van der Waals surface area contributed by atoms with Crippen LogP contribution in [-0.4, -0.2) is 52.1 Å². The number of carbonyl (C=O) groups is 3. The summed E-state index contributed by atoms with van der Waals surface area (Å²) in [5.74, 6) is -0.334. The van der Waals surface area contributed by atoms with Crippen LogP contribution in [0, 0.1) is 0 Å². The van der Waals surface area contributed by atoms with E-state index >= 15 is 0 Å². The van der Waals surface area contributed by atoms with E-state index in [-0.39, 0.29) is 30.6 Å². The fourth-order valence-electron chi connectivity index (χ4n) is 5.19. The molecule has 0 fully saturated rings. The van der Waals surface area contributed by atoms with E-state index in [0.717, 1.165) is 13.1 Å². The molecule has 0 atom stereocenters. The number of hydrogen-bond acceptors (Lipinski definition) is 5. The third-order valence-electron chi connectivity index (χ3n) is 7.36. The van der Waals surface area contributed by atoms with E-state index in [9.17, 15) is 14.4 Å². The number of anilines is 3. The number of nitrogens with zero attached hydrogens (tertiary/aromatic N) is 4. The molecule has 0 saturated heterocycles. The van der Waals surface area contributed by atoms with Crippen molar-refractivity contribution in [3.63, 3.8) is 0 Å². The topological polar surface area (TPSA) is 85.9 Å². The van der Waals surface area contributed by atoms with Crippen LogP contribution in [-0.2, 0) is 22.7 Å². The first-order valence-corrected chi connectivity index (χ1v) is 14.3. The Morgan fingerprint density at radius 1 is 0.786 bits per heavy atom. The van der Waals surface area contributed by atoms with Gasteiger partial charge in [-0.05, 0) is 42.3 Å². The number of nitrogens with one attached hydrogen (secondary N) is 1. The van der Waals surface area contributed by atoms with Crippen LogP contribution in [0.4, 0.5) is 17.2 Å². The Labute approximate surface area is 246 Å². The lowest BCUT2D eigenvalue weighted by Gasteiger charge is -2.28. The standard InChI is InChI=1S/C34H35N5O3/c1-2-38(23-22-37(24-26-12-5-3-6-13-26)25-27-14-7-4-8-15-27)31(40)19-20-32(41)39-30-18-10-9-16-28(30)34(42)36-29-17-11-21-35-33(29)39/h3-18,21H,2,19-20,22-25H2,1H3,(H,36,42). The molecule has 214 valence electrons. The predicted molar refractivity (Wildman–Crippen MR) is 164 cm³/mol. The van der Waals surface area contributed by atoms with Gasteiger partial charge >= 0.3 is 0 Å². The van der Waals surface area contributed by atoms with Gasteiger partial charge in [0.25, 0.3) is 5.91 Å². The van der Waals surface area contributed by atoms with Gasteiger partial charge in [-0.2, -0.15) is 0 Å². The average Bonchev–Trinajstić information content (AvgIpc) is 3.15. The lowest BCUT2D eigenvalue weighted by molar-refractivity contribution is -0.133. The number of carbonyl (C=O) groups excluding carboxylic acids is 3. The Bertz CT molecular complexity index is 1490. The lowest BCUT2D eigenvalue weighted by atomic mass is 10.1. The largest absolute Gasteiger partial charge is 0.342 e. The number of rotatable bonds is 11. The number of fused-ring (bicyclic) bond motifs is 2. The molecule has 3 aromatic carbocycles. The molecule has 5 rings (SSSR count). The zero-order valence-corrected chi connectivity index (χ0v) is 23.8. The van der Waals surface area contributed by atoms with Gasteiger partial charge < -0.3 is 10.2 Å². The van der Waals surface area contributed by atoms with E-state index in [1.54, 1.807) is 42.6 Å². The summed E-state index contributed by atoms with van der Waals surface area (Å²) in [6.07, 6.45) is 1.64. The number of amides is 3. The molecular weight excluding hydrogens is 526 g/mol. The van der Waals surface area contributed by atoms with Crippen molar-refractivity contribution in [3.05, 3.63) is 120 Å². The van der Waals surface area contributed by atoms with E-state index in [1.807, 2.05) is 48.2 Å². The fraction of sp³-hybridized carbons (Fsp3) is 0.235. The molecule has 2 heterocycles. The molecule has 0 bridgehead atoms. The maximum absolute atomic E-state index is 13.6. The second kappa shape index (κ2) is 13.7. The zero-order valence-electron chi connectivity index (χ0n) is 23.8. The van der Waals surface area contributed by atoms with Crippen molar-refractivity contribution in [2.75, 3.05) is 29.9 Å². The first kappa shape index (κ1) is 28.7. The maximum Gasteiger partial charge on any atom is 0.257 e. The van der Waals surface area contributed by atoms with Crippen LogP contribution in [0.3, 0.4) is 0 Å². The zero-order chi connectivity index (χ0) is 29.3. The van der Waals surface area contributed by atoms with Crippen molar-refractivity contribution < 1.29 is 14.4 Å². The number of likely N-dealkylation sites (N-methyl/N-ethyl adjacent to an activating group) is 1. The summed E-state index contributed by atoms with van der Waals surface area (Å²) in [6.45, 7) is 5.30. The van der Waals surface area contributed by atoms with E-state index in [2.05, 4.69) is 39.5 Å².